The number of ether oxygens (including phenoxy) is 1. The zero-order chi connectivity index (χ0) is 10.1. The molecule has 1 fully saturated rings. The minimum atomic E-state index is 0.206. The second-order valence-corrected chi connectivity index (χ2v) is 4.40. The van der Waals surface area contributed by atoms with Gasteiger partial charge >= 0.3 is 0 Å². The van der Waals surface area contributed by atoms with Crippen molar-refractivity contribution < 1.29 is 4.74 Å². The van der Waals surface area contributed by atoms with Crippen LogP contribution in [0.25, 0.3) is 10.7 Å². The number of nitrogens with zero attached hydrogens (tertiary/aromatic N) is 2. The number of aromatic amines is 1. The number of aromatic nitrogens is 3. The van der Waals surface area contributed by atoms with Crippen molar-refractivity contribution in [3.05, 3.63) is 23.6 Å². The number of H-pyrrole nitrogens is 1. The number of imidazole rings is 1. The Labute approximate surface area is 91.3 Å². The van der Waals surface area contributed by atoms with Crippen LogP contribution in [-0.2, 0) is 4.74 Å². The van der Waals surface area contributed by atoms with Gasteiger partial charge in [-0.25, -0.2) is 9.97 Å². The maximum atomic E-state index is 5.59. The SMILES string of the molecule is c1ncc(-c2nc(C3CCCO3)cs2)[nH]1. The Morgan fingerprint density at radius 3 is 3.27 bits per heavy atom. The van der Waals surface area contributed by atoms with Crippen molar-refractivity contribution in [1.29, 1.82) is 0 Å². The van der Waals surface area contributed by atoms with Crippen LogP contribution >= 0.6 is 11.3 Å². The number of nitrogens with one attached hydrogen (secondary N) is 1. The number of rotatable bonds is 2. The number of hydrogen-bond donors (Lipinski definition) is 1. The number of hydrogen-bond acceptors (Lipinski definition) is 4. The fourth-order valence-electron chi connectivity index (χ4n) is 1.74. The van der Waals surface area contributed by atoms with Gasteiger partial charge in [-0.15, -0.1) is 11.3 Å². The quantitative estimate of drug-likeness (QED) is 0.847. The summed E-state index contributed by atoms with van der Waals surface area (Å²) in [6.45, 7) is 0.863. The van der Waals surface area contributed by atoms with E-state index in [4.69, 9.17) is 4.74 Å². The Balaban J connectivity index is 1.87. The zero-order valence-corrected chi connectivity index (χ0v) is 8.96. The molecule has 4 nitrogen and oxygen atoms in total. The van der Waals surface area contributed by atoms with Gasteiger partial charge in [0.1, 0.15) is 11.1 Å². The van der Waals surface area contributed by atoms with E-state index in [1.807, 2.05) is 0 Å². The minimum Gasteiger partial charge on any atom is -0.372 e. The predicted molar refractivity (Wildman–Crippen MR) is 57.6 cm³/mol. The predicted octanol–water partition coefficient (Wildman–Crippen LogP) is 2.38. The summed E-state index contributed by atoms with van der Waals surface area (Å²) in [4.78, 5) is 11.6. The topological polar surface area (TPSA) is 50.8 Å². The molecule has 0 radical (unpaired) electrons. The van der Waals surface area contributed by atoms with Crippen LogP contribution in [0, 0.1) is 0 Å². The molecule has 1 saturated heterocycles. The van der Waals surface area contributed by atoms with Crippen LogP contribution in [0.15, 0.2) is 17.9 Å². The average Bonchev–Trinajstić information content (AvgIpc) is 3.02. The van der Waals surface area contributed by atoms with E-state index in [9.17, 15) is 0 Å². The Morgan fingerprint density at radius 1 is 1.53 bits per heavy atom. The highest BCUT2D eigenvalue weighted by atomic mass is 32.1. The zero-order valence-electron chi connectivity index (χ0n) is 8.14. The summed E-state index contributed by atoms with van der Waals surface area (Å²) in [6, 6.07) is 0. The molecule has 0 bridgehead atoms. The molecule has 1 aliphatic rings. The lowest BCUT2D eigenvalue weighted by atomic mass is 10.2. The van der Waals surface area contributed by atoms with E-state index in [2.05, 4.69) is 20.3 Å². The van der Waals surface area contributed by atoms with Gasteiger partial charge in [-0.2, -0.15) is 0 Å². The van der Waals surface area contributed by atoms with E-state index in [0.29, 0.717) is 0 Å². The van der Waals surface area contributed by atoms with E-state index in [1.54, 1.807) is 23.9 Å². The lowest BCUT2D eigenvalue weighted by molar-refractivity contribution is 0.109. The van der Waals surface area contributed by atoms with Crippen LogP contribution in [0.5, 0.6) is 0 Å². The first-order valence-corrected chi connectivity index (χ1v) is 5.87. The molecule has 5 heteroatoms. The van der Waals surface area contributed by atoms with Crippen LogP contribution in [0.1, 0.15) is 24.6 Å². The van der Waals surface area contributed by atoms with Crippen LogP contribution in [0.3, 0.4) is 0 Å². The molecular weight excluding hydrogens is 210 g/mol. The monoisotopic (exact) mass is 221 g/mol. The van der Waals surface area contributed by atoms with Gasteiger partial charge in [0.25, 0.3) is 0 Å². The fourth-order valence-corrected chi connectivity index (χ4v) is 2.58. The summed E-state index contributed by atoms with van der Waals surface area (Å²) in [5.74, 6) is 0. The molecule has 2 aromatic heterocycles. The lowest BCUT2D eigenvalue weighted by Gasteiger charge is -2.03. The fraction of sp³-hybridized carbons (Fsp3) is 0.400. The standard InChI is InChI=1S/C10H11N3OS/c1-2-9(14-3-1)8-5-15-10(13-8)7-4-11-6-12-7/h4-6,9H,1-3H2,(H,11,12). The largest absolute Gasteiger partial charge is 0.372 e. The van der Waals surface area contributed by atoms with Gasteiger partial charge in [0.2, 0.25) is 0 Å². The maximum Gasteiger partial charge on any atom is 0.141 e. The first-order chi connectivity index (χ1) is 7.43. The molecule has 0 amide bonds. The Kier molecular flexibility index (Phi) is 2.26. The van der Waals surface area contributed by atoms with Crippen LogP contribution < -0.4 is 0 Å². The summed E-state index contributed by atoms with van der Waals surface area (Å²) in [5.41, 5.74) is 2.03. The molecule has 2 aromatic rings. The van der Waals surface area contributed by atoms with Gasteiger partial charge < -0.3 is 9.72 Å². The summed E-state index contributed by atoms with van der Waals surface area (Å²) < 4.78 is 5.59. The highest BCUT2D eigenvalue weighted by Gasteiger charge is 2.20. The normalized spacial score (nSPS) is 20.9. The molecule has 0 saturated carbocycles. The highest BCUT2D eigenvalue weighted by molar-refractivity contribution is 7.13. The lowest BCUT2D eigenvalue weighted by Crippen LogP contribution is -1.95. The van der Waals surface area contributed by atoms with Gasteiger partial charge in [0.05, 0.1) is 23.9 Å². The van der Waals surface area contributed by atoms with Gasteiger partial charge in [0.15, 0.2) is 0 Å². The first kappa shape index (κ1) is 9.06. The third kappa shape index (κ3) is 1.68. The molecule has 1 atom stereocenters. The van der Waals surface area contributed by atoms with Crippen molar-refractivity contribution in [2.24, 2.45) is 0 Å². The molecular formula is C10H11N3OS. The van der Waals surface area contributed by atoms with E-state index in [-0.39, 0.29) is 6.10 Å². The van der Waals surface area contributed by atoms with Crippen molar-refractivity contribution in [2.45, 2.75) is 18.9 Å². The minimum absolute atomic E-state index is 0.206. The van der Waals surface area contributed by atoms with E-state index >= 15 is 0 Å². The summed E-state index contributed by atoms with van der Waals surface area (Å²) >= 11 is 1.63. The summed E-state index contributed by atoms with van der Waals surface area (Å²) in [5, 5.41) is 3.06. The Bertz CT molecular complexity index is 431. The molecule has 0 aliphatic carbocycles. The third-order valence-electron chi connectivity index (χ3n) is 2.51. The van der Waals surface area contributed by atoms with E-state index < -0.39 is 0 Å². The van der Waals surface area contributed by atoms with E-state index in [1.165, 1.54) is 0 Å². The highest BCUT2D eigenvalue weighted by Crippen LogP contribution is 2.31. The van der Waals surface area contributed by atoms with Crippen LogP contribution in [0.2, 0.25) is 0 Å². The van der Waals surface area contributed by atoms with Crippen molar-refractivity contribution in [2.75, 3.05) is 6.61 Å². The van der Waals surface area contributed by atoms with Crippen LogP contribution in [0.4, 0.5) is 0 Å². The molecule has 1 unspecified atom stereocenters. The maximum absolute atomic E-state index is 5.59. The second-order valence-electron chi connectivity index (χ2n) is 3.54. The Hall–Kier alpha value is -1.20. The van der Waals surface area contributed by atoms with Crippen molar-refractivity contribution in [1.82, 2.24) is 15.0 Å². The molecule has 0 spiro atoms. The third-order valence-corrected chi connectivity index (χ3v) is 3.40. The smallest absolute Gasteiger partial charge is 0.141 e. The summed E-state index contributed by atoms with van der Waals surface area (Å²) in [6.07, 6.45) is 5.90. The number of thiazole rings is 1. The van der Waals surface area contributed by atoms with E-state index in [0.717, 1.165) is 35.8 Å². The second kappa shape index (κ2) is 3.75. The Morgan fingerprint density at radius 2 is 2.53 bits per heavy atom. The molecule has 78 valence electrons. The molecule has 1 N–H and O–H groups in total. The molecule has 0 aromatic carbocycles. The van der Waals surface area contributed by atoms with Crippen LogP contribution in [-0.4, -0.2) is 21.6 Å². The molecule has 3 heterocycles. The first-order valence-electron chi connectivity index (χ1n) is 4.99. The molecule has 1 aliphatic heterocycles. The summed E-state index contributed by atoms with van der Waals surface area (Å²) in [7, 11) is 0. The average molecular weight is 221 g/mol. The van der Waals surface area contributed by atoms with Gasteiger partial charge in [0, 0.05) is 12.0 Å². The van der Waals surface area contributed by atoms with Gasteiger partial charge in [-0.05, 0) is 12.8 Å². The van der Waals surface area contributed by atoms with Gasteiger partial charge in [-0.1, -0.05) is 0 Å². The van der Waals surface area contributed by atoms with Crippen molar-refractivity contribution in [3.8, 4) is 10.7 Å². The molecule has 15 heavy (non-hydrogen) atoms. The van der Waals surface area contributed by atoms with Gasteiger partial charge in [-0.3, -0.25) is 0 Å². The molecule has 3 rings (SSSR count). The van der Waals surface area contributed by atoms with Crippen molar-refractivity contribution in [3.63, 3.8) is 0 Å². The van der Waals surface area contributed by atoms with Crippen molar-refractivity contribution >= 4 is 11.3 Å².